The third-order valence-corrected chi connectivity index (χ3v) is 4.47. The summed E-state index contributed by atoms with van der Waals surface area (Å²) in [7, 11) is 1.61. The van der Waals surface area contributed by atoms with Crippen molar-refractivity contribution in [1.29, 1.82) is 0 Å². The van der Waals surface area contributed by atoms with Gasteiger partial charge in [-0.1, -0.05) is 37.3 Å². The number of benzene rings is 1. The molecule has 0 aliphatic carbocycles. The molecule has 2 heterocycles. The van der Waals surface area contributed by atoms with E-state index in [1.165, 1.54) is 5.56 Å². The lowest BCUT2D eigenvalue weighted by atomic mass is 9.94. The molecule has 4 heteroatoms. The van der Waals surface area contributed by atoms with Crippen LogP contribution in [0.1, 0.15) is 48.1 Å². The summed E-state index contributed by atoms with van der Waals surface area (Å²) < 4.78 is 5.21. The molecule has 0 amide bonds. The average Bonchev–Trinajstić information content (AvgIpc) is 3.02. The smallest absolute Gasteiger partial charge is 0.218 e. The Bertz CT molecular complexity index is 753. The minimum atomic E-state index is 0.233. The predicted molar refractivity (Wildman–Crippen MR) is 94.3 cm³/mol. The number of ether oxygens (including phenoxy) is 1. The highest BCUT2D eigenvalue weighted by Gasteiger charge is 2.18. The Morgan fingerprint density at radius 1 is 1.29 bits per heavy atom. The molecule has 1 atom stereocenters. The standard InChI is InChI=1S/C20H22N2O2/c1-14(15-6-4-3-5-7-15)8-9-18(23)11-17-10-16-12-22-20(24-2)19(16)13-21-17/h3-7,10,13-14H,8-9,11-12H2,1-2H3. The zero-order valence-electron chi connectivity index (χ0n) is 14.2. The van der Waals surface area contributed by atoms with Gasteiger partial charge in [0.2, 0.25) is 5.90 Å². The molecule has 3 rings (SSSR count). The number of aromatic nitrogens is 1. The zero-order chi connectivity index (χ0) is 16.9. The van der Waals surface area contributed by atoms with Gasteiger partial charge in [-0.3, -0.25) is 9.78 Å². The molecule has 1 aliphatic rings. The van der Waals surface area contributed by atoms with Crippen molar-refractivity contribution >= 4 is 11.7 Å². The zero-order valence-corrected chi connectivity index (χ0v) is 14.2. The van der Waals surface area contributed by atoms with Gasteiger partial charge in [-0.2, -0.15) is 0 Å². The molecule has 1 aromatic heterocycles. The molecule has 0 N–H and O–H groups in total. The molecule has 1 aliphatic heterocycles. The van der Waals surface area contributed by atoms with E-state index in [-0.39, 0.29) is 5.78 Å². The first kappa shape index (κ1) is 16.4. The Balaban J connectivity index is 1.54. The van der Waals surface area contributed by atoms with Crippen LogP contribution in [0, 0.1) is 0 Å². The highest BCUT2D eigenvalue weighted by Crippen LogP contribution is 2.22. The number of ketones is 1. The van der Waals surface area contributed by atoms with Crippen LogP contribution in [-0.2, 0) is 22.5 Å². The van der Waals surface area contributed by atoms with Gasteiger partial charge in [0.05, 0.1) is 19.2 Å². The number of pyridine rings is 1. The number of rotatable bonds is 6. The first-order valence-electron chi connectivity index (χ1n) is 8.30. The lowest BCUT2D eigenvalue weighted by Gasteiger charge is -2.11. The van der Waals surface area contributed by atoms with Gasteiger partial charge in [0, 0.05) is 24.7 Å². The van der Waals surface area contributed by atoms with E-state index in [0.717, 1.165) is 23.2 Å². The normalized spacial score (nSPS) is 14.0. The molecule has 0 radical (unpaired) electrons. The van der Waals surface area contributed by atoms with Crippen molar-refractivity contribution in [3.63, 3.8) is 0 Å². The summed E-state index contributed by atoms with van der Waals surface area (Å²) in [4.78, 5) is 21.0. The maximum absolute atomic E-state index is 12.3. The number of hydrogen-bond acceptors (Lipinski definition) is 4. The van der Waals surface area contributed by atoms with Gasteiger partial charge in [0.25, 0.3) is 0 Å². The summed E-state index contributed by atoms with van der Waals surface area (Å²) in [5, 5.41) is 0. The van der Waals surface area contributed by atoms with Crippen LogP contribution >= 0.6 is 0 Å². The molecule has 4 nitrogen and oxygen atoms in total. The maximum Gasteiger partial charge on any atom is 0.218 e. The van der Waals surface area contributed by atoms with Gasteiger partial charge in [0.15, 0.2) is 0 Å². The molecule has 2 aromatic rings. The molecule has 0 spiro atoms. The summed E-state index contributed by atoms with van der Waals surface area (Å²) in [6, 6.07) is 12.3. The summed E-state index contributed by atoms with van der Waals surface area (Å²) >= 11 is 0. The molecule has 24 heavy (non-hydrogen) atoms. The Morgan fingerprint density at radius 2 is 2.08 bits per heavy atom. The van der Waals surface area contributed by atoms with Crippen molar-refractivity contribution in [2.75, 3.05) is 7.11 Å². The summed E-state index contributed by atoms with van der Waals surface area (Å²) in [5.41, 5.74) is 4.12. The van der Waals surface area contributed by atoms with Crippen molar-refractivity contribution in [3.8, 4) is 0 Å². The van der Waals surface area contributed by atoms with E-state index >= 15 is 0 Å². The van der Waals surface area contributed by atoms with Crippen molar-refractivity contribution in [3.05, 3.63) is 65.0 Å². The Morgan fingerprint density at radius 3 is 2.83 bits per heavy atom. The van der Waals surface area contributed by atoms with E-state index in [4.69, 9.17) is 4.74 Å². The van der Waals surface area contributed by atoms with Crippen LogP contribution in [0.2, 0.25) is 0 Å². The quantitative estimate of drug-likeness (QED) is 0.815. The molecule has 0 fully saturated rings. The van der Waals surface area contributed by atoms with Gasteiger partial charge < -0.3 is 4.74 Å². The predicted octanol–water partition coefficient (Wildman–Crippen LogP) is 3.68. The van der Waals surface area contributed by atoms with Crippen LogP contribution in [0.3, 0.4) is 0 Å². The third-order valence-electron chi connectivity index (χ3n) is 4.47. The van der Waals surface area contributed by atoms with Crippen LogP contribution in [-0.4, -0.2) is 23.8 Å². The van der Waals surface area contributed by atoms with Crippen molar-refractivity contribution in [2.45, 2.75) is 38.6 Å². The fourth-order valence-electron chi connectivity index (χ4n) is 3.00. The number of carbonyl (C=O) groups excluding carboxylic acids is 1. The third kappa shape index (κ3) is 3.70. The van der Waals surface area contributed by atoms with E-state index in [2.05, 4.69) is 29.0 Å². The largest absolute Gasteiger partial charge is 0.481 e. The highest BCUT2D eigenvalue weighted by atomic mass is 16.5. The van der Waals surface area contributed by atoms with Crippen molar-refractivity contribution in [1.82, 2.24) is 4.98 Å². The molecule has 124 valence electrons. The number of carbonyl (C=O) groups is 1. The SMILES string of the molecule is COC1=NCc2cc(CC(=O)CCC(C)c3ccccc3)ncc21. The van der Waals surface area contributed by atoms with Crippen LogP contribution in [0.4, 0.5) is 0 Å². The van der Waals surface area contributed by atoms with Gasteiger partial charge >= 0.3 is 0 Å². The first-order valence-corrected chi connectivity index (χ1v) is 8.30. The van der Waals surface area contributed by atoms with Crippen molar-refractivity contribution < 1.29 is 9.53 Å². The second kappa shape index (κ2) is 7.39. The number of nitrogens with zero attached hydrogens (tertiary/aromatic N) is 2. The van der Waals surface area contributed by atoms with Crippen LogP contribution in [0.25, 0.3) is 0 Å². The lowest BCUT2D eigenvalue weighted by Crippen LogP contribution is -2.08. The molecule has 0 bridgehead atoms. The highest BCUT2D eigenvalue weighted by molar-refractivity contribution is 5.97. The molecule has 0 saturated carbocycles. The molecule has 1 unspecified atom stereocenters. The minimum Gasteiger partial charge on any atom is -0.481 e. The van der Waals surface area contributed by atoms with Gasteiger partial charge in [0.1, 0.15) is 5.78 Å². The average molecular weight is 322 g/mol. The van der Waals surface area contributed by atoms with Gasteiger partial charge in [-0.05, 0) is 29.5 Å². The van der Waals surface area contributed by atoms with Crippen LogP contribution < -0.4 is 0 Å². The number of fused-ring (bicyclic) bond motifs is 1. The molecular formula is C20H22N2O2. The van der Waals surface area contributed by atoms with Crippen LogP contribution in [0.5, 0.6) is 0 Å². The Kier molecular flexibility index (Phi) is 5.04. The first-order chi connectivity index (χ1) is 11.7. The second-order valence-corrected chi connectivity index (χ2v) is 6.22. The molecular weight excluding hydrogens is 300 g/mol. The summed E-state index contributed by atoms with van der Waals surface area (Å²) in [5.74, 6) is 1.25. The Hall–Kier alpha value is -2.49. The van der Waals surface area contributed by atoms with E-state index in [0.29, 0.717) is 31.2 Å². The number of Topliss-reactive ketones (excluding diaryl/α,β-unsaturated/α-hetero) is 1. The maximum atomic E-state index is 12.3. The second-order valence-electron chi connectivity index (χ2n) is 6.22. The van der Waals surface area contributed by atoms with E-state index < -0.39 is 0 Å². The Labute approximate surface area is 142 Å². The monoisotopic (exact) mass is 322 g/mol. The topological polar surface area (TPSA) is 51.5 Å². The van der Waals surface area contributed by atoms with Crippen LogP contribution in [0.15, 0.2) is 47.6 Å². The van der Waals surface area contributed by atoms with E-state index in [9.17, 15) is 4.79 Å². The number of methoxy groups -OCH3 is 1. The number of aliphatic imine (C=N–C) groups is 1. The summed E-state index contributed by atoms with van der Waals surface area (Å²) in [6.07, 6.45) is 3.59. The van der Waals surface area contributed by atoms with E-state index in [1.54, 1.807) is 13.3 Å². The molecule has 0 saturated heterocycles. The van der Waals surface area contributed by atoms with Crippen molar-refractivity contribution in [2.24, 2.45) is 4.99 Å². The fourth-order valence-corrected chi connectivity index (χ4v) is 3.00. The van der Waals surface area contributed by atoms with Gasteiger partial charge in [-0.15, -0.1) is 0 Å². The fraction of sp³-hybridized carbons (Fsp3) is 0.350. The summed E-state index contributed by atoms with van der Waals surface area (Å²) in [6.45, 7) is 2.77. The minimum absolute atomic E-state index is 0.233. The van der Waals surface area contributed by atoms with E-state index in [1.807, 2.05) is 24.3 Å². The lowest BCUT2D eigenvalue weighted by molar-refractivity contribution is -0.118. The number of hydrogen-bond donors (Lipinski definition) is 0. The molecule has 1 aromatic carbocycles. The van der Waals surface area contributed by atoms with Gasteiger partial charge in [-0.25, -0.2) is 4.99 Å².